The van der Waals surface area contributed by atoms with Gasteiger partial charge in [0.25, 0.3) is 0 Å². The van der Waals surface area contributed by atoms with Crippen molar-refractivity contribution in [2.75, 3.05) is 39.0 Å². The van der Waals surface area contributed by atoms with Gasteiger partial charge in [-0.05, 0) is 37.1 Å². The molecule has 0 saturated carbocycles. The van der Waals surface area contributed by atoms with Crippen LogP contribution < -0.4 is 0 Å². The highest BCUT2D eigenvalue weighted by Crippen LogP contribution is 2.55. The van der Waals surface area contributed by atoms with Crippen molar-refractivity contribution in [3.8, 4) is 0 Å². The van der Waals surface area contributed by atoms with E-state index in [4.69, 9.17) is 4.52 Å². The van der Waals surface area contributed by atoms with Gasteiger partial charge in [-0.2, -0.15) is 0 Å². The zero-order valence-electron chi connectivity index (χ0n) is 21.5. The fourth-order valence-electron chi connectivity index (χ4n) is 4.74. The number of piperidine rings is 1. The summed E-state index contributed by atoms with van der Waals surface area (Å²) in [6.45, 7) is 2.40. The van der Waals surface area contributed by atoms with Gasteiger partial charge in [0.2, 0.25) is 0 Å². The fraction of sp³-hybridized carbons (Fsp3) is 1.00. The number of likely N-dealkylation sites (tertiary alicyclic amines) is 1. The van der Waals surface area contributed by atoms with Gasteiger partial charge in [-0.25, -0.2) is 4.57 Å². The molecule has 4 nitrogen and oxygen atoms in total. The molecule has 0 aromatic heterocycles. The zero-order chi connectivity index (χ0) is 23.4. The molecule has 1 unspecified atom stereocenters. The first-order chi connectivity index (χ1) is 15.5. The second-order valence-electron chi connectivity index (χ2n) is 10.3. The molecule has 0 aromatic carbocycles. The number of likely N-dealkylation sites (N-methyl/N-ethyl adjacent to an activating group) is 1. The van der Waals surface area contributed by atoms with E-state index >= 15 is 0 Å². The van der Waals surface area contributed by atoms with E-state index in [2.05, 4.69) is 14.0 Å². The van der Waals surface area contributed by atoms with E-state index in [0.717, 1.165) is 34.6 Å². The first-order valence-electron chi connectivity index (χ1n) is 13.9. The van der Waals surface area contributed by atoms with Gasteiger partial charge >= 0.3 is 6.80 Å². The quantitative estimate of drug-likeness (QED) is 0.0932. The lowest BCUT2D eigenvalue weighted by molar-refractivity contribution is -0.914. The zero-order valence-corrected chi connectivity index (χ0v) is 23.2. The molecule has 0 amide bonds. The molecule has 1 rings (SSSR count). The van der Waals surface area contributed by atoms with Crippen LogP contribution in [0, 0.1) is 0 Å². The molecule has 1 atom stereocenters. The summed E-state index contributed by atoms with van der Waals surface area (Å²) in [5, 5.41) is 0. The Morgan fingerprint density at radius 3 is 1.66 bits per heavy atom. The summed E-state index contributed by atoms with van der Waals surface area (Å²) in [6, 6.07) is 0. The predicted octanol–water partition coefficient (Wildman–Crippen LogP) is 8.73. The van der Waals surface area contributed by atoms with E-state index in [-0.39, 0.29) is 0 Å². The maximum Gasteiger partial charge on any atom is 0.386 e. The lowest BCUT2D eigenvalue weighted by atomic mass is 10.0. The number of hydrogen-bond acceptors (Lipinski definition) is 3. The van der Waals surface area contributed by atoms with Crippen molar-refractivity contribution < 1.29 is 18.5 Å². The van der Waals surface area contributed by atoms with Gasteiger partial charge in [0.1, 0.15) is 13.2 Å². The van der Waals surface area contributed by atoms with Crippen LogP contribution >= 0.6 is 18.2 Å². The molecule has 1 aliphatic heterocycles. The van der Waals surface area contributed by atoms with Crippen molar-refractivity contribution in [3.63, 3.8) is 0 Å². The Balaban J connectivity index is 1.82. The van der Waals surface area contributed by atoms with Crippen molar-refractivity contribution in [3.05, 3.63) is 0 Å². The number of unbranched alkanes of at least 4 members (excludes halogenated alkanes) is 15. The molecule has 1 fully saturated rings. The van der Waals surface area contributed by atoms with Gasteiger partial charge in [-0.1, -0.05) is 103 Å². The maximum atomic E-state index is 12.2. The van der Waals surface area contributed by atoms with Crippen LogP contribution in [-0.2, 0) is 9.09 Å². The lowest BCUT2D eigenvalue weighted by Gasteiger charge is -2.37. The highest BCUT2D eigenvalue weighted by Gasteiger charge is 2.27. The molecule has 1 N–H and O–H groups in total. The Bertz CT molecular complexity index is 472. The van der Waals surface area contributed by atoms with Crippen molar-refractivity contribution in [1.82, 2.24) is 0 Å². The van der Waals surface area contributed by atoms with Gasteiger partial charge in [0, 0.05) is 5.75 Å². The van der Waals surface area contributed by atoms with Gasteiger partial charge < -0.3 is 9.38 Å². The van der Waals surface area contributed by atoms with E-state index < -0.39 is 6.80 Å². The lowest BCUT2D eigenvalue weighted by Crippen LogP contribution is -2.49. The maximum absolute atomic E-state index is 12.2. The number of quaternary nitrogens is 1. The Morgan fingerprint density at radius 1 is 0.750 bits per heavy atom. The standard InChI is InChI=1S/C26H54NO3PS/c1-3-4-5-6-7-8-9-10-11-12-13-14-15-16-17-21-26-32-31(28,29)30-25-24-27(2)22-19-18-20-23-27/h3-26H2,1-2H3/p+1. The van der Waals surface area contributed by atoms with Gasteiger partial charge in [-0.3, -0.25) is 4.52 Å². The van der Waals surface area contributed by atoms with E-state index in [9.17, 15) is 9.46 Å². The molecule has 1 heterocycles. The number of nitrogens with zero attached hydrogens (tertiary/aromatic N) is 1. The molecule has 0 aliphatic carbocycles. The molecule has 32 heavy (non-hydrogen) atoms. The second kappa shape index (κ2) is 19.7. The summed E-state index contributed by atoms with van der Waals surface area (Å²) in [4.78, 5) is 10.0. The summed E-state index contributed by atoms with van der Waals surface area (Å²) < 4.78 is 18.6. The third kappa shape index (κ3) is 17.9. The van der Waals surface area contributed by atoms with Crippen molar-refractivity contribution in [2.45, 2.75) is 129 Å². The Kier molecular flexibility index (Phi) is 18.8. The predicted molar refractivity (Wildman–Crippen MR) is 142 cm³/mol. The van der Waals surface area contributed by atoms with Gasteiger partial charge in [0.15, 0.2) is 0 Å². The Labute approximate surface area is 204 Å². The van der Waals surface area contributed by atoms with Crippen LogP contribution in [0.15, 0.2) is 0 Å². The Hall–Kier alpha value is 0.460. The van der Waals surface area contributed by atoms with E-state index in [1.54, 1.807) is 0 Å². The van der Waals surface area contributed by atoms with Crippen molar-refractivity contribution in [1.29, 1.82) is 0 Å². The Morgan fingerprint density at radius 2 is 1.19 bits per heavy atom. The first kappa shape index (κ1) is 30.5. The highest BCUT2D eigenvalue weighted by molar-refractivity contribution is 8.54. The average molecular weight is 493 g/mol. The SMILES string of the molecule is CCCCCCCCCCCCCCCCCCSP(=O)(O)OCC[N+]1(C)CCCCC1. The second-order valence-corrected chi connectivity index (χ2v) is 14.3. The number of rotatable bonds is 22. The molecule has 6 heteroatoms. The summed E-state index contributed by atoms with van der Waals surface area (Å²) in [6.07, 6.45) is 25.5. The van der Waals surface area contributed by atoms with E-state index in [0.29, 0.717) is 6.61 Å². The topological polar surface area (TPSA) is 46.5 Å². The van der Waals surface area contributed by atoms with Crippen LogP contribution in [0.4, 0.5) is 0 Å². The van der Waals surface area contributed by atoms with E-state index in [1.165, 1.54) is 129 Å². The van der Waals surface area contributed by atoms with Crippen LogP contribution in [-0.4, -0.2) is 48.4 Å². The minimum absolute atomic E-state index is 0.399. The van der Waals surface area contributed by atoms with Crippen molar-refractivity contribution >= 4 is 18.2 Å². The molecule has 0 aromatic rings. The van der Waals surface area contributed by atoms with Crippen LogP contribution in [0.2, 0.25) is 0 Å². The molecule has 1 saturated heterocycles. The summed E-state index contributed by atoms with van der Waals surface area (Å²) in [5.74, 6) is 0.734. The summed E-state index contributed by atoms with van der Waals surface area (Å²) in [5.41, 5.74) is 0. The van der Waals surface area contributed by atoms with Crippen molar-refractivity contribution in [2.24, 2.45) is 0 Å². The number of hydrogen-bond donors (Lipinski definition) is 1. The molecular weight excluding hydrogens is 437 g/mol. The molecule has 0 bridgehead atoms. The van der Waals surface area contributed by atoms with E-state index in [1.807, 2.05) is 0 Å². The monoisotopic (exact) mass is 492 g/mol. The van der Waals surface area contributed by atoms with Crippen LogP contribution in [0.1, 0.15) is 129 Å². The minimum Gasteiger partial charge on any atom is -0.324 e. The molecule has 1 aliphatic rings. The smallest absolute Gasteiger partial charge is 0.324 e. The average Bonchev–Trinajstić information content (AvgIpc) is 2.76. The first-order valence-corrected chi connectivity index (χ1v) is 17.1. The van der Waals surface area contributed by atoms with Gasteiger partial charge in [0.05, 0.1) is 20.1 Å². The normalized spacial score (nSPS) is 18.0. The molecule has 192 valence electrons. The third-order valence-electron chi connectivity index (χ3n) is 7.03. The molecule has 0 radical (unpaired) electrons. The van der Waals surface area contributed by atoms with Crippen LogP contribution in [0.3, 0.4) is 0 Å². The fourth-order valence-corrected chi connectivity index (χ4v) is 7.22. The molecule has 0 spiro atoms. The van der Waals surface area contributed by atoms with Gasteiger partial charge in [-0.15, -0.1) is 0 Å². The van der Waals surface area contributed by atoms with Crippen LogP contribution in [0.25, 0.3) is 0 Å². The minimum atomic E-state index is -3.47. The largest absolute Gasteiger partial charge is 0.386 e. The third-order valence-corrected chi connectivity index (χ3v) is 10.2. The summed E-state index contributed by atoms with van der Waals surface area (Å²) in [7, 11) is 2.24. The summed E-state index contributed by atoms with van der Waals surface area (Å²) >= 11 is 1.13. The highest BCUT2D eigenvalue weighted by atomic mass is 32.7. The van der Waals surface area contributed by atoms with Crippen LogP contribution in [0.5, 0.6) is 0 Å². The molecular formula is C26H55NO3PS+.